The van der Waals surface area contributed by atoms with Crippen LogP contribution in [0.3, 0.4) is 0 Å². The molecule has 0 amide bonds. The van der Waals surface area contributed by atoms with Crippen molar-refractivity contribution in [3.63, 3.8) is 0 Å². The molecular weight excluding hydrogens is 158 g/mol. The number of likely N-dealkylation sites (tertiary alicyclic amines) is 1. The summed E-state index contributed by atoms with van der Waals surface area (Å²) in [5.41, 5.74) is 1.63. The number of nitrogens with zero attached hydrogens (tertiary/aromatic N) is 1. The zero-order valence-electron chi connectivity index (χ0n) is 8.34. The summed E-state index contributed by atoms with van der Waals surface area (Å²) in [5.74, 6) is 0. The van der Waals surface area contributed by atoms with Crippen LogP contribution < -0.4 is 0 Å². The monoisotopic (exact) mass is 177 g/mol. The highest BCUT2D eigenvalue weighted by Crippen LogP contribution is 2.19. The Balaban J connectivity index is 1.89. The summed E-state index contributed by atoms with van der Waals surface area (Å²) in [6, 6.07) is 0. The van der Waals surface area contributed by atoms with Crippen molar-refractivity contribution in [3.8, 4) is 0 Å². The second-order valence-electron chi connectivity index (χ2n) is 4.10. The van der Waals surface area contributed by atoms with Crippen molar-refractivity contribution in [1.29, 1.82) is 0 Å². The molecule has 1 saturated heterocycles. The molecule has 1 aliphatic carbocycles. The third-order valence-corrected chi connectivity index (χ3v) is 2.93. The smallest absolute Gasteiger partial charge is 0.0172 e. The van der Waals surface area contributed by atoms with E-state index in [1.807, 2.05) is 0 Å². The van der Waals surface area contributed by atoms with E-state index in [0.29, 0.717) is 0 Å². The normalized spacial score (nSPS) is 26.8. The molecule has 0 radical (unpaired) electrons. The van der Waals surface area contributed by atoms with E-state index in [0.717, 1.165) is 0 Å². The van der Waals surface area contributed by atoms with E-state index in [1.165, 1.54) is 51.6 Å². The van der Waals surface area contributed by atoms with Crippen molar-refractivity contribution in [2.75, 3.05) is 13.1 Å². The lowest BCUT2D eigenvalue weighted by Crippen LogP contribution is -2.24. The largest absolute Gasteiger partial charge is 0.377 e. The highest BCUT2D eigenvalue weighted by Gasteiger charge is 2.07. The van der Waals surface area contributed by atoms with Gasteiger partial charge in [0.1, 0.15) is 0 Å². The highest BCUT2D eigenvalue weighted by atomic mass is 15.1. The summed E-state index contributed by atoms with van der Waals surface area (Å²) in [6.07, 6.45) is 15.0. The molecule has 0 spiro atoms. The molecule has 72 valence electrons. The molecule has 0 N–H and O–H groups in total. The molecular formula is C12H19N. The Hall–Kier alpha value is -0.720. The summed E-state index contributed by atoms with van der Waals surface area (Å²) >= 11 is 0. The lowest BCUT2D eigenvalue weighted by Gasteiger charge is -2.26. The van der Waals surface area contributed by atoms with Gasteiger partial charge < -0.3 is 4.90 Å². The number of allylic oxidation sites excluding steroid dienone is 3. The van der Waals surface area contributed by atoms with Gasteiger partial charge in [-0.15, -0.1) is 0 Å². The van der Waals surface area contributed by atoms with Gasteiger partial charge >= 0.3 is 0 Å². The SMILES string of the molecule is C1=CCC(=CN2CCCCC2)CC1. The van der Waals surface area contributed by atoms with Gasteiger partial charge in [0.2, 0.25) is 0 Å². The van der Waals surface area contributed by atoms with Gasteiger partial charge in [-0.1, -0.05) is 17.7 Å². The van der Waals surface area contributed by atoms with Crippen molar-refractivity contribution in [2.24, 2.45) is 0 Å². The molecule has 1 heterocycles. The molecule has 0 bridgehead atoms. The van der Waals surface area contributed by atoms with Gasteiger partial charge in [0, 0.05) is 13.1 Å². The van der Waals surface area contributed by atoms with E-state index >= 15 is 0 Å². The minimum absolute atomic E-state index is 1.19. The summed E-state index contributed by atoms with van der Waals surface area (Å²) in [4.78, 5) is 2.51. The summed E-state index contributed by atoms with van der Waals surface area (Å²) in [6.45, 7) is 2.57. The van der Waals surface area contributed by atoms with Gasteiger partial charge in [-0.25, -0.2) is 0 Å². The Morgan fingerprint density at radius 1 is 1.08 bits per heavy atom. The van der Waals surface area contributed by atoms with E-state index in [2.05, 4.69) is 23.3 Å². The number of rotatable bonds is 1. The van der Waals surface area contributed by atoms with Gasteiger partial charge in [0.15, 0.2) is 0 Å². The average Bonchev–Trinajstić information content (AvgIpc) is 2.21. The van der Waals surface area contributed by atoms with Crippen LogP contribution in [0.15, 0.2) is 23.9 Å². The number of hydrogen-bond acceptors (Lipinski definition) is 1. The second kappa shape index (κ2) is 4.50. The minimum atomic E-state index is 1.19. The van der Waals surface area contributed by atoms with Crippen LogP contribution in [0.5, 0.6) is 0 Å². The summed E-state index contributed by atoms with van der Waals surface area (Å²) < 4.78 is 0. The number of hydrogen-bond donors (Lipinski definition) is 0. The average molecular weight is 177 g/mol. The fourth-order valence-corrected chi connectivity index (χ4v) is 2.15. The van der Waals surface area contributed by atoms with E-state index in [9.17, 15) is 0 Å². The van der Waals surface area contributed by atoms with Gasteiger partial charge in [-0.2, -0.15) is 0 Å². The molecule has 1 nitrogen and oxygen atoms in total. The van der Waals surface area contributed by atoms with Gasteiger partial charge in [-0.05, 0) is 44.7 Å². The Morgan fingerprint density at radius 2 is 1.92 bits per heavy atom. The topological polar surface area (TPSA) is 3.24 Å². The highest BCUT2D eigenvalue weighted by molar-refractivity contribution is 5.12. The van der Waals surface area contributed by atoms with Crippen LogP contribution in [0.1, 0.15) is 38.5 Å². The molecule has 1 aliphatic heterocycles. The third-order valence-electron chi connectivity index (χ3n) is 2.93. The first-order valence-corrected chi connectivity index (χ1v) is 5.54. The van der Waals surface area contributed by atoms with Crippen LogP contribution in [0, 0.1) is 0 Å². The Kier molecular flexibility index (Phi) is 3.07. The minimum Gasteiger partial charge on any atom is -0.377 e. The molecule has 1 heteroatoms. The second-order valence-corrected chi connectivity index (χ2v) is 4.10. The van der Waals surface area contributed by atoms with E-state index in [4.69, 9.17) is 0 Å². The third kappa shape index (κ3) is 2.61. The zero-order chi connectivity index (χ0) is 8.93. The van der Waals surface area contributed by atoms with Crippen LogP contribution in [0.25, 0.3) is 0 Å². The first-order chi connectivity index (χ1) is 6.45. The van der Waals surface area contributed by atoms with Gasteiger partial charge in [0.25, 0.3) is 0 Å². The molecule has 0 aromatic rings. The van der Waals surface area contributed by atoms with Crippen molar-refractivity contribution in [2.45, 2.75) is 38.5 Å². The molecule has 13 heavy (non-hydrogen) atoms. The van der Waals surface area contributed by atoms with Gasteiger partial charge in [0.05, 0.1) is 0 Å². The maximum atomic E-state index is 2.51. The predicted molar refractivity (Wildman–Crippen MR) is 56.5 cm³/mol. The maximum Gasteiger partial charge on any atom is 0.0172 e. The molecule has 0 aromatic carbocycles. The standard InChI is InChI=1S/C12H19N/c1-3-7-12(8-4-1)11-13-9-5-2-6-10-13/h1,3,11H,2,4-10H2. The molecule has 0 atom stereocenters. The maximum absolute atomic E-state index is 2.51. The number of piperidine rings is 1. The van der Waals surface area contributed by atoms with Crippen molar-refractivity contribution >= 4 is 0 Å². The molecule has 2 rings (SSSR count). The fourth-order valence-electron chi connectivity index (χ4n) is 2.15. The van der Waals surface area contributed by atoms with E-state index in [1.54, 1.807) is 5.57 Å². The van der Waals surface area contributed by atoms with Crippen LogP contribution in [0.4, 0.5) is 0 Å². The zero-order valence-corrected chi connectivity index (χ0v) is 8.34. The van der Waals surface area contributed by atoms with Gasteiger partial charge in [-0.3, -0.25) is 0 Å². The summed E-state index contributed by atoms with van der Waals surface area (Å²) in [7, 11) is 0. The van der Waals surface area contributed by atoms with E-state index < -0.39 is 0 Å². The molecule has 0 aromatic heterocycles. The quantitative estimate of drug-likeness (QED) is 0.556. The molecule has 0 unspecified atom stereocenters. The van der Waals surface area contributed by atoms with Crippen LogP contribution in [-0.4, -0.2) is 18.0 Å². The molecule has 2 aliphatic rings. The Morgan fingerprint density at radius 3 is 2.62 bits per heavy atom. The first kappa shape index (κ1) is 8.86. The molecule has 0 saturated carbocycles. The lowest BCUT2D eigenvalue weighted by atomic mass is 10.0. The van der Waals surface area contributed by atoms with Crippen molar-refractivity contribution in [3.05, 3.63) is 23.9 Å². The molecule has 1 fully saturated rings. The van der Waals surface area contributed by atoms with Crippen molar-refractivity contribution < 1.29 is 0 Å². The lowest BCUT2D eigenvalue weighted by molar-refractivity contribution is 0.306. The van der Waals surface area contributed by atoms with Crippen LogP contribution in [0.2, 0.25) is 0 Å². The Labute approximate surface area is 81.1 Å². The van der Waals surface area contributed by atoms with E-state index in [-0.39, 0.29) is 0 Å². The van der Waals surface area contributed by atoms with Crippen LogP contribution in [-0.2, 0) is 0 Å². The first-order valence-electron chi connectivity index (χ1n) is 5.54. The van der Waals surface area contributed by atoms with Crippen LogP contribution >= 0.6 is 0 Å². The predicted octanol–water partition coefficient (Wildman–Crippen LogP) is 3.10. The summed E-state index contributed by atoms with van der Waals surface area (Å²) in [5, 5.41) is 0. The van der Waals surface area contributed by atoms with Crippen molar-refractivity contribution in [1.82, 2.24) is 4.90 Å². The Bertz CT molecular complexity index is 209. The fraction of sp³-hybridized carbons (Fsp3) is 0.667.